The Morgan fingerprint density at radius 2 is 2.00 bits per heavy atom. The Morgan fingerprint density at radius 1 is 1.23 bits per heavy atom. The number of hydrogen-bond acceptors (Lipinski definition) is 4. The number of carbonyl (C=O) groups is 2. The molecule has 1 aliphatic heterocycles. The lowest BCUT2D eigenvalue weighted by Gasteiger charge is -2.30. The Labute approximate surface area is 164 Å². The highest BCUT2D eigenvalue weighted by Gasteiger charge is 2.30. The van der Waals surface area contributed by atoms with E-state index in [0.29, 0.717) is 21.5 Å². The van der Waals surface area contributed by atoms with Crippen molar-refractivity contribution in [3.05, 3.63) is 63.0 Å². The molecule has 1 heterocycles. The van der Waals surface area contributed by atoms with Crippen LogP contribution in [0.2, 0.25) is 10.0 Å². The monoisotopic (exact) mass is 409 g/mol. The molecule has 0 saturated heterocycles. The molecule has 1 amide bonds. The number of hydrogen-bond donors (Lipinski definition) is 1. The summed E-state index contributed by atoms with van der Waals surface area (Å²) in [5.41, 5.74) is 1.45. The standard InChI is InChI=1S/C18H13Cl2NO4S/c1-25-11-3-5-14-15(7-11)26-16(8-17(22)23)18(24)21(14)9-10-2-4-12(19)13(20)6-10/h2-8H,9H2,1H3,(H,22,23)/b16-8-. The van der Waals surface area contributed by atoms with E-state index >= 15 is 0 Å². The molecule has 1 aliphatic rings. The first-order valence-corrected chi connectivity index (χ1v) is 9.02. The zero-order valence-corrected chi connectivity index (χ0v) is 15.9. The molecule has 5 nitrogen and oxygen atoms in total. The summed E-state index contributed by atoms with van der Waals surface area (Å²) in [4.78, 5) is 26.3. The van der Waals surface area contributed by atoms with Crippen molar-refractivity contribution in [2.45, 2.75) is 11.4 Å². The van der Waals surface area contributed by atoms with Crippen molar-refractivity contribution in [2.24, 2.45) is 0 Å². The average molecular weight is 410 g/mol. The van der Waals surface area contributed by atoms with E-state index in [1.165, 1.54) is 4.90 Å². The van der Waals surface area contributed by atoms with E-state index in [0.717, 1.165) is 28.3 Å². The summed E-state index contributed by atoms with van der Waals surface area (Å²) in [5, 5.41) is 9.87. The summed E-state index contributed by atoms with van der Waals surface area (Å²) in [6.45, 7) is 0.229. The van der Waals surface area contributed by atoms with Crippen LogP contribution < -0.4 is 9.64 Å². The Morgan fingerprint density at radius 3 is 2.65 bits per heavy atom. The summed E-state index contributed by atoms with van der Waals surface area (Å²) in [6, 6.07) is 10.4. The highest BCUT2D eigenvalue weighted by atomic mass is 35.5. The molecule has 0 spiro atoms. The van der Waals surface area contributed by atoms with Crippen LogP contribution >= 0.6 is 35.0 Å². The normalized spacial score (nSPS) is 15.1. The van der Waals surface area contributed by atoms with Gasteiger partial charge in [-0.05, 0) is 35.9 Å². The Hall–Kier alpha value is -2.15. The zero-order chi connectivity index (χ0) is 18.8. The van der Waals surface area contributed by atoms with Gasteiger partial charge < -0.3 is 14.7 Å². The Bertz CT molecular complexity index is 929. The predicted molar refractivity (Wildman–Crippen MR) is 102 cm³/mol. The third-order valence-electron chi connectivity index (χ3n) is 3.71. The summed E-state index contributed by atoms with van der Waals surface area (Å²) >= 11 is 13.1. The van der Waals surface area contributed by atoms with E-state index in [-0.39, 0.29) is 17.4 Å². The molecular weight excluding hydrogens is 397 g/mol. The maximum atomic E-state index is 12.8. The molecule has 2 aromatic carbocycles. The number of fused-ring (bicyclic) bond motifs is 1. The maximum Gasteiger partial charge on any atom is 0.329 e. The van der Waals surface area contributed by atoms with Crippen molar-refractivity contribution in [1.29, 1.82) is 0 Å². The number of methoxy groups -OCH3 is 1. The summed E-state index contributed by atoms with van der Waals surface area (Å²) in [5.74, 6) is -0.947. The summed E-state index contributed by atoms with van der Waals surface area (Å²) < 4.78 is 5.22. The van der Waals surface area contributed by atoms with Gasteiger partial charge in [-0.15, -0.1) is 0 Å². The van der Waals surface area contributed by atoms with Crippen LogP contribution in [0.15, 0.2) is 52.3 Å². The minimum absolute atomic E-state index is 0.123. The first-order chi connectivity index (χ1) is 12.4. The second-order valence-corrected chi connectivity index (χ2v) is 7.32. The second-order valence-electron chi connectivity index (χ2n) is 5.42. The fraction of sp³-hybridized carbons (Fsp3) is 0.111. The van der Waals surface area contributed by atoms with Crippen LogP contribution in [0.3, 0.4) is 0 Å². The van der Waals surface area contributed by atoms with Crippen LogP contribution in [0.25, 0.3) is 0 Å². The second kappa shape index (κ2) is 7.61. The largest absolute Gasteiger partial charge is 0.497 e. The Balaban J connectivity index is 2.05. The van der Waals surface area contributed by atoms with Crippen molar-refractivity contribution in [3.8, 4) is 5.75 Å². The van der Waals surface area contributed by atoms with Crippen molar-refractivity contribution in [1.82, 2.24) is 0 Å². The molecule has 0 fully saturated rings. The lowest BCUT2D eigenvalue weighted by Crippen LogP contribution is -2.34. The lowest BCUT2D eigenvalue weighted by atomic mass is 10.1. The van der Waals surface area contributed by atoms with Gasteiger partial charge in [0.15, 0.2) is 0 Å². The van der Waals surface area contributed by atoms with Crippen molar-refractivity contribution in [3.63, 3.8) is 0 Å². The number of carboxylic acid groups (broad SMARTS) is 1. The molecule has 0 aliphatic carbocycles. The Kier molecular flexibility index (Phi) is 5.46. The SMILES string of the molecule is COc1ccc2c(c1)S/C(=C\C(=O)O)C(=O)N2Cc1ccc(Cl)c(Cl)c1. The van der Waals surface area contributed by atoms with Crippen LogP contribution in [0.4, 0.5) is 5.69 Å². The van der Waals surface area contributed by atoms with Gasteiger partial charge in [-0.25, -0.2) is 4.79 Å². The van der Waals surface area contributed by atoms with Gasteiger partial charge in [0.25, 0.3) is 5.91 Å². The topological polar surface area (TPSA) is 66.8 Å². The van der Waals surface area contributed by atoms with Crippen molar-refractivity contribution < 1.29 is 19.4 Å². The molecule has 0 atom stereocenters. The fourth-order valence-corrected chi connectivity index (χ4v) is 3.88. The number of carbonyl (C=O) groups excluding carboxylic acids is 1. The molecule has 3 rings (SSSR count). The number of benzene rings is 2. The van der Waals surface area contributed by atoms with Crippen LogP contribution in [-0.4, -0.2) is 24.1 Å². The van der Waals surface area contributed by atoms with Crippen LogP contribution in [0.5, 0.6) is 5.75 Å². The molecule has 26 heavy (non-hydrogen) atoms. The number of anilines is 1. The van der Waals surface area contributed by atoms with E-state index in [9.17, 15) is 9.59 Å². The minimum Gasteiger partial charge on any atom is -0.497 e. The van der Waals surface area contributed by atoms with Crippen molar-refractivity contribution >= 4 is 52.5 Å². The number of nitrogens with zero attached hydrogens (tertiary/aromatic N) is 1. The van der Waals surface area contributed by atoms with E-state index in [2.05, 4.69) is 0 Å². The van der Waals surface area contributed by atoms with Gasteiger partial charge in [-0.1, -0.05) is 41.0 Å². The summed E-state index contributed by atoms with van der Waals surface area (Å²) in [7, 11) is 1.54. The highest BCUT2D eigenvalue weighted by molar-refractivity contribution is 8.04. The van der Waals surface area contributed by atoms with E-state index in [1.807, 2.05) is 0 Å². The average Bonchev–Trinajstić information content (AvgIpc) is 2.60. The van der Waals surface area contributed by atoms with E-state index in [4.69, 9.17) is 33.0 Å². The van der Waals surface area contributed by atoms with Gasteiger partial charge in [0.05, 0.1) is 34.3 Å². The first-order valence-electron chi connectivity index (χ1n) is 7.45. The van der Waals surface area contributed by atoms with Gasteiger partial charge >= 0.3 is 5.97 Å². The molecule has 134 valence electrons. The third-order valence-corrected chi connectivity index (χ3v) is 5.51. The fourth-order valence-electron chi connectivity index (χ4n) is 2.51. The van der Waals surface area contributed by atoms with Gasteiger partial charge in [0, 0.05) is 11.0 Å². The molecule has 1 N–H and O–H groups in total. The first kappa shape index (κ1) is 18.6. The maximum absolute atomic E-state index is 12.8. The molecule has 0 aromatic heterocycles. The van der Waals surface area contributed by atoms with Crippen LogP contribution in [-0.2, 0) is 16.1 Å². The number of aliphatic carboxylic acids is 1. The smallest absolute Gasteiger partial charge is 0.329 e. The number of rotatable bonds is 4. The van der Waals surface area contributed by atoms with E-state index < -0.39 is 5.97 Å². The third kappa shape index (κ3) is 3.82. The number of halogens is 2. The minimum atomic E-state index is -1.18. The quantitative estimate of drug-likeness (QED) is 0.746. The number of carboxylic acids is 1. The predicted octanol–water partition coefficient (Wildman–Crippen LogP) is 4.61. The lowest BCUT2D eigenvalue weighted by molar-refractivity contribution is -0.131. The van der Waals surface area contributed by atoms with Gasteiger partial charge in [0.2, 0.25) is 0 Å². The molecular formula is C18H13Cl2NO4S. The molecule has 0 unspecified atom stereocenters. The van der Waals surface area contributed by atoms with Crippen LogP contribution in [0.1, 0.15) is 5.56 Å². The molecule has 0 bridgehead atoms. The molecule has 0 radical (unpaired) electrons. The number of amides is 1. The van der Waals surface area contributed by atoms with Gasteiger partial charge in [-0.3, -0.25) is 4.79 Å². The highest BCUT2D eigenvalue weighted by Crippen LogP contribution is 2.43. The number of thioether (sulfide) groups is 1. The summed E-state index contributed by atoms with van der Waals surface area (Å²) in [6.07, 6.45) is 0.914. The zero-order valence-electron chi connectivity index (χ0n) is 13.5. The van der Waals surface area contributed by atoms with Gasteiger partial charge in [0.1, 0.15) is 5.75 Å². The molecule has 0 saturated carbocycles. The molecule has 2 aromatic rings. The van der Waals surface area contributed by atoms with Gasteiger partial charge in [-0.2, -0.15) is 0 Å². The molecule has 8 heteroatoms. The van der Waals surface area contributed by atoms with Crippen LogP contribution in [0, 0.1) is 0 Å². The van der Waals surface area contributed by atoms with E-state index in [1.54, 1.807) is 43.5 Å². The number of ether oxygens (including phenoxy) is 1. The van der Waals surface area contributed by atoms with Crippen molar-refractivity contribution in [2.75, 3.05) is 12.0 Å².